The molecule has 1 saturated heterocycles. The number of hydrogen-bond acceptors (Lipinski definition) is 3. The maximum absolute atomic E-state index is 5.82. The van der Waals surface area contributed by atoms with Gasteiger partial charge in [-0.25, -0.2) is 0 Å². The van der Waals surface area contributed by atoms with Gasteiger partial charge in [-0.2, -0.15) is 0 Å². The minimum Gasteiger partial charge on any atom is -0.490 e. The van der Waals surface area contributed by atoms with Crippen LogP contribution >= 0.6 is 0 Å². The highest BCUT2D eigenvalue weighted by Crippen LogP contribution is 2.26. The number of rotatable bonds is 8. The van der Waals surface area contributed by atoms with Gasteiger partial charge in [0, 0.05) is 0 Å². The van der Waals surface area contributed by atoms with E-state index in [4.69, 9.17) is 14.2 Å². The Hall–Kier alpha value is -1.26. The molecule has 1 aromatic rings. The number of para-hydroxylation sites is 2. The largest absolute Gasteiger partial charge is 0.490 e. The van der Waals surface area contributed by atoms with Crippen molar-refractivity contribution in [1.82, 2.24) is 0 Å². The molecule has 4 heteroatoms. The van der Waals surface area contributed by atoms with E-state index in [1.165, 1.54) is 13.0 Å². The summed E-state index contributed by atoms with van der Waals surface area (Å²) >= 11 is 0. The molecule has 1 fully saturated rings. The molecule has 0 amide bonds. The summed E-state index contributed by atoms with van der Waals surface area (Å²) in [4.78, 5) is 1.66. The normalized spacial score (nSPS) is 16.1. The highest BCUT2D eigenvalue weighted by Gasteiger charge is 2.12. The molecular weight excluding hydrogens is 254 g/mol. The van der Waals surface area contributed by atoms with E-state index < -0.39 is 0 Å². The fourth-order valence-corrected chi connectivity index (χ4v) is 2.41. The molecule has 0 aliphatic carbocycles. The van der Waals surface area contributed by atoms with E-state index in [9.17, 15) is 0 Å². The summed E-state index contributed by atoms with van der Waals surface area (Å²) in [5.74, 6) is 1.70. The van der Waals surface area contributed by atoms with Crippen LogP contribution in [0.2, 0.25) is 0 Å². The summed E-state index contributed by atoms with van der Waals surface area (Å²) in [5, 5.41) is 0. The number of morpholine rings is 1. The summed E-state index contributed by atoms with van der Waals surface area (Å²) in [6.45, 7) is 8.75. The number of unbranched alkanes of at least 4 members (excludes halogenated alkanes) is 1. The molecule has 4 nitrogen and oxygen atoms in total. The molecule has 0 saturated carbocycles. The minimum absolute atomic E-state index is 0.667. The van der Waals surface area contributed by atoms with Crippen LogP contribution in [-0.4, -0.2) is 46.1 Å². The zero-order valence-electron chi connectivity index (χ0n) is 12.4. The lowest BCUT2D eigenvalue weighted by Crippen LogP contribution is -3.14. The number of ether oxygens (including phenoxy) is 3. The van der Waals surface area contributed by atoms with Crippen LogP contribution in [0, 0.1) is 0 Å². The van der Waals surface area contributed by atoms with Crippen LogP contribution in [0.1, 0.15) is 19.8 Å². The van der Waals surface area contributed by atoms with Crippen LogP contribution in [0.3, 0.4) is 0 Å². The third kappa shape index (κ3) is 5.02. The molecule has 1 aromatic carbocycles. The van der Waals surface area contributed by atoms with Crippen LogP contribution < -0.4 is 14.4 Å². The first-order chi connectivity index (χ1) is 9.90. The molecule has 0 radical (unpaired) electrons. The quantitative estimate of drug-likeness (QED) is 0.725. The maximum Gasteiger partial charge on any atom is 0.161 e. The van der Waals surface area contributed by atoms with E-state index in [1.807, 2.05) is 31.2 Å². The molecule has 0 unspecified atom stereocenters. The van der Waals surface area contributed by atoms with Gasteiger partial charge in [0.05, 0.1) is 33.0 Å². The summed E-state index contributed by atoms with van der Waals surface area (Å²) in [6.07, 6.45) is 2.29. The highest BCUT2D eigenvalue weighted by molar-refractivity contribution is 5.39. The number of quaternary nitrogens is 1. The second kappa shape index (κ2) is 8.82. The predicted octanol–water partition coefficient (Wildman–Crippen LogP) is 1.16. The molecule has 2 rings (SSSR count). The maximum atomic E-state index is 5.82. The summed E-state index contributed by atoms with van der Waals surface area (Å²) in [7, 11) is 0. The first-order valence-electron chi connectivity index (χ1n) is 7.66. The van der Waals surface area contributed by atoms with Crippen LogP contribution in [0.25, 0.3) is 0 Å². The van der Waals surface area contributed by atoms with Gasteiger partial charge in [0.15, 0.2) is 11.5 Å². The van der Waals surface area contributed by atoms with Gasteiger partial charge in [-0.1, -0.05) is 12.1 Å². The Morgan fingerprint density at radius 1 is 1.05 bits per heavy atom. The first-order valence-corrected chi connectivity index (χ1v) is 7.66. The van der Waals surface area contributed by atoms with Crippen LogP contribution in [0.4, 0.5) is 0 Å². The average molecular weight is 280 g/mol. The lowest BCUT2D eigenvalue weighted by molar-refractivity contribution is -0.908. The van der Waals surface area contributed by atoms with E-state index in [0.717, 1.165) is 50.8 Å². The summed E-state index contributed by atoms with van der Waals surface area (Å²) in [6, 6.07) is 7.88. The van der Waals surface area contributed by atoms with Gasteiger partial charge in [0.1, 0.15) is 13.1 Å². The molecule has 0 atom stereocenters. The van der Waals surface area contributed by atoms with Gasteiger partial charge < -0.3 is 19.1 Å². The monoisotopic (exact) mass is 280 g/mol. The summed E-state index contributed by atoms with van der Waals surface area (Å²) in [5.41, 5.74) is 0. The molecule has 0 bridgehead atoms. The van der Waals surface area contributed by atoms with Gasteiger partial charge in [0.2, 0.25) is 0 Å². The highest BCUT2D eigenvalue weighted by atomic mass is 16.5. The lowest BCUT2D eigenvalue weighted by atomic mass is 10.3. The fraction of sp³-hybridized carbons (Fsp3) is 0.625. The van der Waals surface area contributed by atoms with Crippen LogP contribution in [0.5, 0.6) is 11.5 Å². The van der Waals surface area contributed by atoms with Crippen LogP contribution in [-0.2, 0) is 4.74 Å². The van der Waals surface area contributed by atoms with Gasteiger partial charge in [-0.05, 0) is 31.9 Å². The average Bonchev–Trinajstić information content (AvgIpc) is 2.50. The molecule has 0 aromatic heterocycles. The fourth-order valence-electron chi connectivity index (χ4n) is 2.41. The Labute approximate surface area is 121 Å². The second-order valence-electron chi connectivity index (χ2n) is 5.05. The molecule has 0 spiro atoms. The Morgan fingerprint density at radius 2 is 1.75 bits per heavy atom. The summed E-state index contributed by atoms with van der Waals surface area (Å²) < 4.78 is 16.7. The third-order valence-electron chi connectivity index (χ3n) is 3.53. The van der Waals surface area contributed by atoms with Crippen molar-refractivity contribution in [2.24, 2.45) is 0 Å². The topological polar surface area (TPSA) is 32.1 Å². The second-order valence-corrected chi connectivity index (χ2v) is 5.05. The van der Waals surface area contributed by atoms with Gasteiger partial charge >= 0.3 is 0 Å². The molecule has 1 heterocycles. The van der Waals surface area contributed by atoms with Crippen molar-refractivity contribution in [3.8, 4) is 11.5 Å². The Bertz CT molecular complexity index is 378. The van der Waals surface area contributed by atoms with E-state index >= 15 is 0 Å². The lowest BCUT2D eigenvalue weighted by Gasteiger charge is -2.23. The smallest absolute Gasteiger partial charge is 0.161 e. The van der Waals surface area contributed by atoms with E-state index in [1.54, 1.807) is 4.90 Å². The van der Waals surface area contributed by atoms with Gasteiger partial charge in [-0.3, -0.25) is 0 Å². The van der Waals surface area contributed by atoms with Crippen molar-refractivity contribution < 1.29 is 19.1 Å². The Kier molecular flexibility index (Phi) is 6.68. The standard InChI is InChI=1S/C16H25NO3/c1-2-19-15-7-3-4-8-16(15)20-12-6-5-9-17-10-13-18-14-11-17/h3-4,7-8H,2,5-6,9-14H2,1H3/p+1. The van der Waals surface area contributed by atoms with Crippen molar-refractivity contribution in [1.29, 1.82) is 0 Å². The molecule has 112 valence electrons. The van der Waals surface area contributed by atoms with E-state index in [2.05, 4.69) is 0 Å². The van der Waals surface area contributed by atoms with Crippen molar-refractivity contribution in [2.45, 2.75) is 19.8 Å². The van der Waals surface area contributed by atoms with Crippen molar-refractivity contribution in [3.05, 3.63) is 24.3 Å². The van der Waals surface area contributed by atoms with E-state index in [-0.39, 0.29) is 0 Å². The first kappa shape index (κ1) is 15.1. The number of hydrogen-bond donors (Lipinski definition) is 1. The third-order valence-corrected chi connectivity index (χ3v) is 3.53. The zero-order chi connectivity index (χ0) is 14.0. The van der Waals surface area contributed by atoms with Crippen molar-refractivity contribution in [2.75, 3.05) is 46.1 Å². The molecule has 1 aliphatic rings. The number of benzene rings is 1. The Balaban J connectivity index is 1.63. The molecular formula is C16H26NO3+. The number of nitrogens with one attached hydrogen (secondary N) is 1. The van der Waals surface area contributed by atoms with Gasteiger partial charge in [0.25, 0.3) is 0 Å². The zero-order valence-corrected chi connectivity index (χ0v) is 12.4. The molecule has 20 heavy (non-hydrogen) atoms. The van der Waals surface area contributed by atoms with E-state index in [0.29, 0.717) is 6.61 Å². The predicted molar refractivity (Wildman–Crippen MR) is 78.7 cm³/mol. The van der Waals surface area contributed by atoms with Crippen LogP contribution in [0.15, 0.2) is 24.3 Å². The molecule has 1 aliphatic heterocycles. The van der Waals surface area contributed by atoms with Crippen molar-refractivity contribution in [3.63, 3.8) is 0 Å². The van der Waals surface area contributed by atoms with Crippen molar-refractivity contribution >= 4 is 0 Å². The minimum atomic E-state index is 0.667. The SMILES string of the molecule is CCOc1ccccc1OCCCC[NH+]1CCOCC1. The van der Waals surface area contributed by atoms with Gasteiger partial charge in [-0.15, -0.1) is 0 Å². The Morgan fingerprint density at radius 3 is 2.45 bits per heavy atom. The molecule has 1 N–H and O–H groups in total.